The second-order valence-corrected chi connectivity index (χ2v) is 9.27. The van der Waals surface area contributed by atoms with E-state index in [2.05, 4.69) is 22.5 Å². The zero-order valence-electron chi connectivity index (χ0n) is 20.5. The van der Waals surface area contributed by atoms with Crippen molar-refractivity contribution in [3.05, 3.63) is 114 Å². The van der Waals surface area contributed by atoms with E-state index in [1.54, 1.807) is 18.3 Å². The molecule has 1 amide bonds. The first-order chi connectivity index (χ1) is 18.1. The van der Waals surface area contributed by atoms with Crippen LogP contribution >= 0.6 is 12.2 Å². The Bertz CT molecular complexity index is 1410. The standard InChI is InChI=1S/C29H28FN5OS/c1-2-20-10-3-5-12-22(20)32-26(36)16-19-35-28(27(33-29(35)37)23-13-7-8-17-31-23)25-15-9-18-34(25)24-14-6-4-11-21(24)30/h3-15,17-18,27-28H,2,16,19H2,1H3,(H,32,36)(H,33,37)/t27-,28+/m1/s1. The van der Waals surface area contributed by atoms with Crippen LogP contribution in [-0.2, 0) is 11.2 Å². The number of rotatable bonds is 8. The maximum atomic E-state index is 14.8. The molecule has 1 saturated heterocycles. The van der Waals surface area contributed by atoms with Crippen LogP contribution < -0.4 is 10.6 Å². The largest absolute Gasteiger partial charge is 0.352 e. The lowest BCUT2D eigenvalue weighted by Crippen LogP contribution is -2.33. The lowest BCUT2D eigenvalue weighted by molar-refractivity contribution is -0.116. The number of nitrogens with one attached hydrogen (secondary N) is 2. The number of para-hydroxylation sites is 2. The normalized spacial score (nSPS) is 17.0. The van der Waals surface area contributed by atoms with Gasteiger partial charge in [0.25, 0.3) is 0 Å². The van der Waals surface area contributed by atoms with Crippen molar-refractivity contribution in [3.63, 3.8) is 0 Å². The topological polar surface area (TPSA) is 62.2 Å². The molecule has 5 rings (SSSR count). The van der Waals surface area contributed by atoms with Crippen molar-refractivity contribution in [1.82, 2.24) is 19.8 Å². The highest BCUT2D eigenvalue weighted by atomic mass is 32.1. The molecular formula is C29H28FN5OS. The molecule has 3 heterocycles. The molecule has 4 aromatic rings. The number of pyridine rings is 1. The summed E-state index contributed by atoms with van der Waals surface area (Å²) in [6, 6.07) is 23.5. The highest BCUT2D eigenvalue weighted by molar-refractivity contribution is 7.80. The number of thiocarbonyl (C=S) groups is 1. The van der Waals surface area contributed by atoms with Crippen LogP contribution in [0.5, 0.6) is 0 Å². The number of aromatic nitrogens is 2. The molecule has 1 aliphatic heterocycles. The van der Waals surface area contributed by atoms with Crippen molar-refractivity contribution in [1.29, 1.82) is 0 Å². The molecule has 37 heavy (non-hydrogen) atoms. The van der Waals surface area contributed by atoms with Crippen LogP contribution in [0.4, 0.5) is 10.1 Å². The predicted octanol–water partition coefficient (Wildman–Crippen LogP) is 5.58. The molecule has 2 aromatic heterocycles. The van der Waals surface area contributed by atoms with E-state index in [1.165, 1.54) is 6.07 Å². The summed E-state index contributed by atoms with van der Waals surface area (Å²) in [5.41, 5.74) is 4.04. The molecule has 0 unspecified atom stereocenters. The van der Waals surface area contributed by atoms with Crippen molar-refractivity contribution in [2.75, 3.05) is 11.9 Å². The molecule has 1 aliphatic rings. The van der Waals surface area contributed by atoms with E-state index in [0.29, 0.717) is 17.3 Å². The van der Waals surface area contributed by atoms with Gasteiger partial charge in [-0.25, -0.2) is 4.39 Å². The summed E-state index contributed by atoms with van der Waals surface area (Å²) < 4.78 is 16.6. The molecule has 0 aliphatic carbocycles. The molecule has 6 nitrogen and oxygen atoms in total. The number of hydrogen-bond acceptors (Lipinski definition) is 3. The Labute approximate surface area is 221 Å². The quantitative estimate of drug-likeness (QED) is 0.302. The molecule has 0 radical (unpaired) electrons. The molecule has 1 fully saturated rings. The number of amides is 1. The number of benzene rings is 2. The van der Waals surface area contributed by atoms with Crippen LogP contribution in [0, 0.1) is 5.82 Å². The molecule has 2 aromatic carbocycles. The Morgan fingerprint density at radius 3 is 2.62 bits per heavy atom. The lowest BCUT2D eigenvalue weighted by atomic mass is 10.0. The van der Waals surface area contributed by atoms with Gasteiger partial charge in [0.05, 0.1) is 23.5 Å². The molecule has 188 valence electrons. The molecular weight excluding hydrogens is 485 g/mol. The second kappa shape index (κ2) is 10.9. The van der Waals surface area contributed by atoms with E-state index in [-0.39, 0.29) is 30.2 Å². The van der Waals surface area contributed by atoms with E-state index in [9.17, 15) is 9.18 Å². The Morgan fingerprint density at radius 1 is 1.05 bits per heavy atom. The fourth-order valence-electron chi connectivity index (χ4n) is 4.85. The van der Waals surface area contributed by atoms with Gasteiger partial charge in [-0.05, 0) is 66.7 Å². The highest BCUT2D eigenvalue weighted by Crippen LogP contribution is 2.39. The third-order valence-corrected chi connectivity index (χ3v) is 7.00. The van der Waals surface area contributed by atoms with Crippen molar-refractivity contribution >= 4 is 28.9 Å². The van der Waals surface area contributed by atoms with Crippen molar-refractivity contribution < 1.29 is 9.18 Å². The van der Waals surface area contributed by atoms with Gasteiger partial charge in [0.1, 0.15) is 5.82 Å². The zero-order chi connectivity index (χ0) is 25.8. The average molecular weight is 514 g/mol. The summed E-state index contributed by atoms with van der Waals surface area (Å²) >= 11 is 5.75. The van der Waals surface area contributed by atoms with Gasteiger partial charge in [-0.1, -0.05) is 43.3 Å². The average Bonchev–Trinajstić information content (AvgIpc) is 3.52. The SMILES string of the molecule is CCc1ccccc1NC(=O)CCN1C(=S)N[C@H](c2ccccn2)[C@@H]1c1cccn1-c1ccccc1F. The maximum Gasteiger partial charge on any atom is 0.226 e. The monoisotopic (exact) mass is 513 g/mol. The van der Waals surface area contributed by atoms with E-state index in [0.717, 1.165) is 29.1 Å². The summed E-state index contributed by atoms with van der Waals surface area (Å²) in [6.45, 7) is 2.45. The van der Waals surface area contributed by atoms with Crippen molar-refractivity contribution in [3.8, 4) is 5.69 Å². The van der Waals surface area contributed by atoms with Crippen LogP contribution in [0.25, 0.3) is 5.69 Å². The van der Waals surface area contributed by atoms with Gasteiger partial charge in [-0.15, -0.1) is 0 Å². The Hall–Kier alpha value is -4.04. The molecule has 2 atom stereocenters. The van der Waals surface area contributed by atoms with Crippen LogP contribution in [0.2, 0.25) is 0 Å². The summed E-state index contributed by atoms with van der Waals surface area (Å²) in [5.74, 6) is -0.406. The number of halogens is 1. The smallest absolute Gasteiger partial charge is 0.226 e. The van der Waals surface area contributed by atoms with Gasteiger partial charge in [-0.2, -0.15) is 0 Å². The Balaban J connectivity index is 1.45. The molecule has 0 saturated carbocycles. The van der Waals surface area contributed by atoms with Gasteiger partial charge in [-0.3, -0.25) is 9.78 Å². The van der Waals surface area contributed by atoms with Crippen LogP contribution in [0.1, 0.15) is 42.4 Å². The van der Waals surface area contributed by atoms with E-state index < -0.39 is 0 Å². The predicted molar refractivity (Wildman–Crippen MR) is 147 cm³/mol. The number of aryl methyl sites for hydroxylation is 1. The number of nitrogens with zero attached hydrogens (tertiary/aromatic N) is 3. The molecule has 0 bridgehead atoms. The van der Waals surface area contributed by atoms with Gasteiger partial charge in [0, 0.05) is 36.7 Å². The third kappa shape index (κ3) is 5.11. The van der Waals surface area contributed by atoms with Crippen molar-refractivity contribution in [2.24, 2.45) is 0 Å². The van der Waals surface area contributed by atoms with Crippen LogP contribution in [0.3, 0.4) is 0 Å². The summed E-state index contributed by atoms with van der Waals surface area (Å²) in [4.78, 5) is 19.5. The minimum Gasteiger partial charge on any atom is -0.352 e. The van der Waals surface area contributed by atoms with E-state index >= 15 is 0 Å². The number of hydrogen-bond donors (Lipinski definition) is 2. The van der Waals surface area contributed by atoms with Crippen molar-refractivity contribution in [2.45, 2.75) is 31.8 Å². The van der Waals surface area contributed by atoms with Crippen LogP contribution in [-0.4, -0.2) is 32.0 Å². The Morgan fingerprint density at radius 2 is 1.84 bits per heavy atom. The fraction of sp³-hybridized carbons (Fsp3) is 0.207. The first-order valence-electron chi connectivity index (χ1n) is 12.3. The van der Waals surface area contributed by atoms with Crippen LogP contribution in [0.15, 0.2) is 91.3 Å². The fourth-order valence-corrected chi connectivity index (χ4v) is 5.19. The molecule has 8 heteroatoms. The second-order valence-electron chi connectivity index (χ2n) is 8.88. The van der Waals surface area contributed by atoms with E-state index in [1.807, 2.05) is 76.3 Å². The minimum atomic E-state index is -0.316. The Kier molecular flexibility index (Phi) is 7.28. The lowest BCUT2D eigenvalue weighted by Gasteiger charge is -2.29. The van der Waals surface area contributed by atoms with Gasteiger partial charge in [0.15, 0.2) is 5.11 Å². The molecule has 2 N–H and O–H groups in total. The zero-order valence-corrected chi connectivity index (χ0v) is 21.3. The third-order valence-electron chi connectivity index (χ3n) is 6.65. The number of carbonyl (C=O) groups is 1. The maximum absolute atomic E-state index is 14.8. The summed E-state index contributed by atoms with van der Waals surface area (Å²) in [6.07, 6.45) is 4.66. The van der Waals surface area contributed by atoms with Gasteiger partial charge < -0.3 is 20.1 Å². The van der Waals surface area contributed by atoms with Gasteiger partial charge >= 0.3 is 0 Å². The number of anilines is 1. The van der Waals surface area contributed by atoms with E-state index in [4.69, 9.17) is 12.2 Å². The molecule has 0 spiro atoms. The first-order valence-corrected chi connectivity index (χ1v) is 12.8. The van der Waals surface area contributed by atoms with Gasteiger partial charge in [0.2, 0.25) is 5.91 Å². The first kappa shape index (κ1) is 24.6. The highest BCUT2D eigenvalue weighted by Gasteiger charge is 2.41. The summed E-state index contributed by atoms with van der Waals surface area (Å²) in [5, 5.41) is 6.97. The minimum absolute atomic E-state index is 0.0896. The number of carbonyl (C=O) groups excluding carboxylic acids is 1. The summed E-state index contributed by atoms with van der Waals surface area (Å²) in [7, 11) is 0.